The van der Waals surface area contributed by atoms with Crippen molar-refractivity contribution < 1.29 is 5.11 Å². The van der Waals surface area contributed by atoms with Crippen LogP contribution in [0.15, 0.2) is 36.4 Å². The molecule has 76 valence electrons. The zero-order chi connectivity index (χ0) is 10.7. The third kappa shape index (κ3) is 2.85. The van der Waals surface area contributed by atoms with Gasteiger partial charge in [0, 0.05) is 4.88 Å². The molecule has 1 N–H and O–H groups in total. The Balaban J connectivity index is 2.18. The zero-order valence-electron chi connectivity index (χ0n) is 7.85. The number of rotatable bonds is 2. The average molecular weight is 237 g/mol. The van der Waals surface area contributed by atoms with E-state index in [0.29, 0.717) is 0 Å². The van der Waals surface area contributed by atoms with Crippen LogP contribution in [0.3, 0.4) is 0 Å². The van der Waals surface area contributed by atoms with Gasteiger partial charge in [-0.15, -0.1) is 11.3 Å². The maximum Gasteiger partial charge on any atom is 0.116 e. The molecule has 0 bridgehead atoms. The van der Waals surface area contributed by atoms with E-state index in [2.05, 4.69) is 0 Å². The van der Waals surface area contributed by atoms with Gasteiger partial charge >= 0.3 is 0 Å². The molecule has 0 aliphatic carbocycles. The van der Waals surface area contributed by atoms with Crippen molar-refractivity contribution in [2.45, 2.75) is 0 Å². The lowest BCUT2D eigenvalue weighted by Gasteiger charge is -1.93. The van der Waals surface area contributed by atoms with Gasteiger partial charge in [-0.05, 0) is 35.9 Å². The van der Waals surface area contributed by atoms with Crippen molar-refractivity contribution in [1.29, 1.82) is 0 Å². The Hall–Kier alpha value is -1.25. The lowest BCUT2D eigenvalue weighted by atomic mass is 10.2. The van der Waals surface area contributed by atoms with E-state index in [9.17, 15) is 5.11 Å². The van der Waals surface area contributed by atoms with Crippen molar-refractivity contribution in [2.75, 3.05) is 0 Å². The van der Waals surface area contributed by atoms with Gasteiger partial charge in [-0.2, -0.15) is 0 Å². The van der Waals surface area contributed by atoms with Gasteiger partial charge in [0.2, 0.25) is 0 Å². The minimum absolute atomic E-state index is 0.279. The van der Waals surface area contributed by atoms with E-state index in [1.54, 1.807) is 12.1 Å². The largest absolute Gasteiger partial charge is 0.508 e. The van der Waals surface area contributed by atoms with E-state index >= 15 is 0 Å². The fraction of sp³-hybridized carbons (Fsp3) is 0. The first-order valence-corrected chi connectivity index (χ1v) is 5.66. The third-order valence-corrected chi connectivity index (χ3v) is 3.10. The minimum atomic E-state index is 0.279. The highest BCUT2D eigenvalue weighted by Gasteiger charge is 1.93. The van der Waals surface area contributed by atoms with Crippen LogP contribution in [0, 0.1) is 0 Å². The first kappa shape index (κ1) is 10.3. The monoisotopic (exact) mass is 236 g/mol. The maximum absolute atomic E-state index is 9.26. The molecular formula is C12H9ClOS. The number of phenols is 1. The van der Waals surface area contributed by atoms with E-state index in [1.807, 2.05) is 36.4 Å². The van der Waals surface area contributed by atoms with Crippen molar-refractivity contribution in [3.63, 3.8) is 0 Å². The molecule has 1 aromatic carbocycles. The second-order valence-electron chi connectivity index (χ2n) is 3.07. The van der Waals surface area contributed by atoms with E-state index in [0.717, 1.165) is 14.8 Å². The Kier molecular flexibility index (Phi) is 3.09. The van der Waals surface area contributed by atoms with E-state index in [4.69, 9.17) is 11.6 Å². The lowest BCUT2D eigenvalue weighted by Crippen LogP contribution is -1.69. The summed E-state index contributed by atoms with van der Waals surface area (Å²) in [5.74, 6) is 0.279. The fourth-order valence-corrected chi connectivity index (χ4v) is 2.19. The normalized spacial score (nSPS) is 11.0. The molecule has 0 atom stereocenters. The van der Waals surface area contributed by atoms with Gasteiger partial charge < -0.3 is 5.11 Å². The van der Waals surface area contributed by atoms with Crippen LogP contribution >= 0.6 is 22.9 Å². The van der Waals surface area contributed by atoms with E-state index in [1.165, 1.54) is 11.3 Å². The van der Waals surface area contributed by atoms with Crippen LogP contribution in [-0.2, 0) is 0 Å². The Morgan fingerprint density at radius 1 is 1.13 bits per heavy atom. The summed E-state index contributed by atoms with van der Waals surface area (Å²) >= 11 is 7.34. The van der Waals surface area contributed by atoms with Gasteiger partial charge in [0.1, 0.15) is 5.75 Å². The molecule has 1 aromatic heterocycles. The summed E-state index contributed by atoms with van der Waals surface area (Å²) in [6, 6.07) is 11.0. The predicted octanol–water partition coefficient (Wildman–Crippen LogP) is 4.28. The number of thiophene rings is 1. The summed E-state index contributed by atoms with van der Waals surface area (Å²) in [6.07, 6.45) is 3.92. The molecule has 0 radical (unpaired) electrons. The smallest absolute Gasteiger partial charge is 0.116 e. The summed E-state index contributed by atoms with van der Waals surface area (Å²) in [4.78, 5) is 1.10. The highest BCUT2D eigenvalue weighted by atomic mass is 35.5. The van der Waals surface area contributed by atoms with Crippen LogP contribution in [0.4, 0.5) is 0 Å². The third-order valence-electron chi connectivity index (χ3n) is 1.90. The molecule has 1 nitrogen and oxygen atoms in total. The molecule has 3 heteroatoms. The zero-order valence-corrected chi connectivity index (χ0v) is 9.42. The van der Waals surface area contributed by atoms with Gasteiger partial charge in [-0.3, -0.25) is 0 Å². The van der Waals surface area contributed by atoms with Crippen LogP contribution in [0.25, 0.3) is 12.2 Å². The quantitative estimate of drug-likeness (QED) is 0.825. The van der Waals surface area contributed by atoms with Gasteiger partial charge in [-0.25, -0.2) is 0 Å². The van der Waals surface area contributed by atoms with E-state index in [-0.39, 0.29) is 5.75 Å². The Morgan fingerprint density at radius 3 is 2.67 bits per heavy atom. The molecule has 0 saturated heterocycles. The average Bonchev–Trinajstić information content (AvgIpc) is 2.62. The Labute approximate surface area is 97.3 Å². The van der Waals surface area contributed by atoms with Crippen molar-refractivity contribution >= 4 is 35.1 Å². The number of hydrogen-bond donors (Lipinski definition) is 1. The van der Waals surface area contributed by atoms with Crippen LogP contribution in [-0.4, -0.2) is 5.11 Å². The molecule has 15 heavy (non-hydrogen) atoms. The summed E-state index contributed by atoms with van der Waals surface area (Å²) in [5.41, 5.74) is 0.972. The van der Waals surface area contributed by atoms with Crippen LogP contribution in [0.5, 0.6) is 5.75 Å². The fourth-order valence-electron chi connectivity index (χ4n) is 1.22. The minimum Gasteiger partial charge on any atom is -0.508 e. The van der Waals surface area contributed by atoms with Gasteiger partial charge in [0.05, 0.1) is 4.34 Å². The molecule has 2 rings (SSSR count). The molecule has 0 fully saturated rings. The number of halogens is 1. The second-order valence-corrected chi connectivity index (χ2v) is 4.82. The van der Waals surface area contributed by atoms with Gasteiger partial charge in [-0.1, -0.05) is 29.8 Å². The Morgan fingerprint density at radius 2 is 2.00 bits per heavy atom. The molecule has 0 saturated carbocycles. The standard InChI is InChI=1S/C12H9ClOS/c13-12-7-6-11(15-12)5-4-9-2-1-3-10(14)8-9/h1-8,14H/b5-4+. The highest BCUT2D eigenvalue weighted by molar-refractivity contribution is 7.17. The SMILES string of the molecule is Oc1cccc(/C=C/c2ccc(Cl)s2)c1. The van der Waals surface area contributed by atoms with Crippen LogP contribution < -0.4 is 0 Å². The summed E-state index contributed by atoms with van der Waals surface area (Å²) in [5, 5.41) is 9.26. The summed E-state index contributed by atoms with van der Waals surface area (Å²) in [6.45, 7) is 0. The molecule has 0 amide bonds. The maximum atomic E-state index is 9.26. The van der Waals surface area contributed by atoms with Crippen molar-refractivity contribution in [2.24, 2.45) is 0 Å². The topological polar surface area (TPSA) is 20.2 Å². The molecule has 0 aliphatic rings. The van der Waals surface area contributed by atoms with Gasteiger partial charge in [0.15, 0.2) is 0 Å². The van der Waals surface area contributed by atoms with Gasteiger partial charge in [0.25, 0.3) is 0 Å². The Bertz CT molecular complexity index is 488. The summed E-state index contributed by atoms with van der Waals surface area (Å²) in [7, 11) is 0. The van der Waals surface area contributed by atoms with Crippen LogP contribution in [0.1, 0.15) is 10.4 Å². The molecule has 0 unspecified atom stereocenters. The summed E-state index contributed by atoms with van der Waals surface area (Å²) < 4.78 is 0.783. The number of phenolic OH excluding ortho intramolecular Hbond substituents is 1. The first-order valence-electron chi connectivity index (χ1n) is 4.46. The predicted molar refractivity (Wildman–Crippen MR) is 66.4 cm³/mol. The number of aromatic hydroxyl groups is 1. The highest BCUT2D eigenvalue weighted by Crippen LogP contribution is 2.23. The molecule has 0 aliphatic heterocycles. The first-order chi connectivity index (χ1) is 7.24. The lowest BCUT2D eigenvalue weighted by molar-refractivity contribution is 0.475. The molecule has 1 heterocycles. The molecule has 0 spiro atoms. The molecular weight excluding hydrogens is 228 g/mol. The number of benzene rings is 1. The second kappa shape index (κ2) is 4.51. The number of hydrogen-bond acceptors (Lipinski definition) is 2. The van der Waals surface area contributed by atoms with Crippen molar-refractivity contribution in [3.8, 4) is 5.75 Å². The van der Waals surface area contributed by atoms with Crippen molar-refractivity contribution in [1.82, 2.24) is 0 Å². The molecule has 2 aromatic rings. The van der Waals surface area contributed by atoms with E-state index < -0.39 is 0 Å². The van der Waals surface area contributed by atoms with Crippen LogP contribution in [0.2, 0.25) is 4.34 Å². The van der Waals surface area contributed by atoms with Crippen molar-refractivity contribution in [3.05, 3.63) is 51.2 Å².